The lowest BCUT2D eigenvalue weighted by Crippen LogP contribution is -1.95. The predicted octanol–water partition coefficient (Wildman–Crippen LogP) is 1.92. The molecule has 2 aromatic heterocycles. The summed E-state index contributed by atoms with van der Waals surface area (Å²) < 4.78 is 3.90. The number of nitrogens with zero attached hydrogens (tertiary/aromatic N) is 3. The van der Waals surface area contributed by atoms with Crippen molar-refractivity contribution in [2.45, 2.75) is 13.5 Å². The van der Waals surface area contributed by atoms with Crippen LogP contribution in [-0.4, -0.2) is 14.3 Å². The normalized spacial score (nSPS) is 10.2. The Hall–Kier alpha value is -1.01. The van der Waals surface area contributed by atoms with Crippen LogP contribution in [0.5, 0.6) is 0 Å². The van der Waals surface area contributed by atoms with Crippen molar-refractivity contribution in [3.05, 3.63) is 22.4 Å². The van der Waals surface area contributed by atoms with E-state index in [1.54, 1.807) is 17.7 Å². The van der Waals surface area contributed by atoms with Crippen LogP contribution >= 0.6 is 22.9 Å². The minimum Gasteiger partial charge on any atom is -0.355 e. The molecule has 0 saturated heterocycles. The third-order valence-corrected chi connectivity index (χ3v) is 2.98. The maximum absolute atomic E-state index is 4.16. The molecule has 0 aromatic carbocycles. The van der Waals surface area contributed by atoms with Crippen molar-refractivity contribution in [3.8, 4) is 0 Å². The lowest BCUT2D eigenvalue weighted by Gasteiger charge is -1.96. The van der Waals surface area contributed by atoms with Crippen LogP contribution in [0.3, 0.4) is 0 Å². The maximum atomic E-state index is 4.16. The van der Waals surface area contributed by atoms with Gasteiger partial charge >= 0.3 is 0 Å². The molecule has 68 valence electrons. The summed E-state index contributed by atoms with van der Waals surface area (Å²) in [6.07, 6.45) is 3.43. The van der Waals surface area contributed by atoms with Gasteiger partial charge in [0.2, 0.25) is 5.13 Å². The Morgan fingerprint density at radius 2 is 2.38 bits per heavy atom. The lowest BCUT2D eigenvalue weighted by atomic mass is 10.5. The molecule has 0 bridgehead atoms. The molecule has 2 rings (SSSR count). The van der Waals surface area contributed by atoms with Crippen LogP contribution in [-0.2, 0) is 6.54 Å². The van der Waals surface area contributed by atoms with Crippen LogP contribution in [0.15, 0.2) is 12.5 Å². The van der Waals surface area contributed by atoms with Gasteiger partial charge in [0.1, 0.15) is 6.33 Å². The average Bonchev–Trinajstić information content (AvgIpc) is 2.71. The van der Waals surface area contributed by atoms with Gasteiger partial charge in [0.25, 0.3) is 0 Å². The predicted molar refractivity (Wildman–Crippen MR) is 54.1 cm³/mol. The van der Waals surface area contributed by atoms with E-state index in [0.29, 0.717) is 0 Å². The van der Waals surface area contributed by atoms with E-state index in [9.17, 15) is 0 Å². The van der Waals surface area contributed by atoms with Crippen LogP contribution in [0.4, 0.5) is 5.13 Å². The molecule has 0 unspecified atom stereocenters. The molecule has 2 aromatic rings. The van der Waals surface area contributed by atoms with Gasteiger partial charge in [-0.25, -0.2) is 9.97 Å². The Kier molecular flexibility index (Phi) is 2.51. The number of aryl methyl sites for hydroxylation is 1. The van der Waals surface area contributed by atoms with Gasteiger partial charge in [0, 0.05) is 22.6 Å². The summed E-state index contributed by atoms with van der Waals surface area (Å²) in [4.78, 5) is 9.40. The fourth-order valence-electron chi connectivity index (χ4n) is 0.901. The van der Waals surface area contributed by atoms with Gasteiger partial charge in [0.15, 0.2) is 0 Å². The lowest BCUT2D eigenvalue weighted by molar-refractivity contribution is 1.15. The second kappa shape index (κ2) is 3.80. The second-order valence-corrected chi connectivity index (χ2v) is 4.54. The number of hydrogen-bond acceptors (Lipinski definition) is 6. The van der Waals surface area contributed by atoms with Crippen molar-refractivity contribution < 1.29 is 0 Å². The summed E-state index contributed by atoms with van der Waals surface area (Å²) in [7, 11) is 0. The molecule has 13 heavy (non-hydrogen) atoms. The number of thiazole rings is 1. The van der Waals surface area contributed by atoms with E-state index >= 15 is 0 Å². The topological polar surface area (TPSA) is 50.7 Å². The van der Waals surface area contributed by atoms with E-state index in [2.05, 4.69) is 19.7 Å². The zero-order chi connectivity index (χ0) is 9.10. The van der Waals surface area contributed by atoms with E-state index in [1.165, 1.54) is 16.4 Å². The van der Waals surface area contributed by atoms with E-state index in [4.69, 9.17) is 0 Å². The molecule has 6 heteroatoms. The van der Waals surface area contributed by atoms with Crippen molar-refractivity contribution >= 4 is 28.0 Å². The highest BCUT2D eigenvalue weighted by molar-refractivity contribution is 7.11. The molecule has 0 spiro atoms. The van der Waals surface area contributed by atoms with Gasteiger partial charge in [0.05, 0.1) is 11.6 Å². The molecule has 0 aliphatic heterocycles. The van der Waals surface area contributed by atoms with Crippen LogP contribution in [0.1, 0.15) is 9.88 Å². The molecule has 1 N–H and O–H groups in total. The quantitative estimate of drug-likeness (QED) is 0.844. The molecule has 0 atom stereocenters. The van der Waals surface area contributed by atoms with E-state index < -0.39 is 0 Å². The first-order chi connectivity index (χ1) is 6.34. The minimum absolute atomic E-state index is 0.778. The summed E-state index contributed by atoms with van der Waals surface area (Å²) in [5.41, 5.74) is 0. The molecule has 0 amide bonds. The Bertz CT molecular complexity index is 368. The number of hydrogen-bond donors (Lipinski definition) is 1. The van der Waals surface area contributed by atoms with Crippen molar-refractivity contribution in [3.63, 3.8) is 0 Å². The number of nitrogens with one attached hydrogen (secondary N) is 1. The minimum atomic E-state index is 0.778. The van der Waals surface area contributed by atoms with Crippen molar-refractivity contribution in [1.82, 2.24) is 14.3 Å². The number of aromatic nitrogens is 3. The maximum Gasteiger partial charge on any atom is 0.202 e. The third kappa shape index (κ3) is 2.22. The first kappa shape index (κ1) is 8.58. The van der Waals surface area contributed by atoms with Crippen LogP contribution in [0.2, 0.25) is 0 Å². The Labute approximate surface area is 83.8 Å². The molecule has 0 radical (unpaired) electrons. The zero-order valence-corrected chi connectivity index (χ0v) is 8.65. The van der Waals surface area contributed by atoms with Gasteiger partial charge in [-0.05, 0) is 6.92 Å². The van der Waals surface area contributed by atoms with Crippen LogP contribution < -0.4 is 5.32 Å². The molecular weight excluding hydrogens is 204 g/mol. The zero-order valence-electron chi connectivity index (χ0n) is 7.02. The van der Waals surface area contributed by atoms with Gasteiger partial charge in [-0.2, -0.15) is 4.37 Å². The number of rotatable bonds is 3. The van der Waals surface area contributed by atoms with Gasteiger partial charge in [-0.15, -0.1) is 11.3 Å². The number of anilines is 1. The van der Waals surface area contributed by atoms with E-state index in [1.807, 2.05) is 13.1 Å². The summed E-state index contributed by atoms with van der Waals surface area (Å²) >= 11 is 3.05. The highest BCUT2D eigenvalue weighted by atomic mass is 32.1. The SMILES string of the molecule is Cc1ncc(CNc2ncns2)s1. The Morgan fingerprint density at radius 3 is 3.00 bits per heavy atom. The first-order valence-electron chi connectivity index (χ1n) is 3.76. The molecule has 0 aliphatic rings. The van der Waals surface area contributed by atoms with E-state index in [-0.39, 0.29) is 0 Å². The van der Waals surface area contributed by atoms with Gasteiger partial charge < -0.3 is 5.32 Å². The first-order valence-corrected chi connectivity index (χ1v) is 5.35. The largest absolute Gasteiger partial charge is 0.355 e. The fraction of sp³-hybridized carbons (Fsp3) is 0.286. The van der Waals surface area contributed by atoms with Crippen LogP contribution in [0, 0.1) is 6.92 Å². The molecule has 2 heterocycles. The van der Waals surface area contributed by atoms with E-state index in [0.717, 1.165) is 16.7 Å². The summed E-state index contributed by atoms with van der Waals surface area (Å²) in [5.74, 6) is 0. The molecule has 0 fully saturated rings. The smallest absolute Gasteiger partial charge is 0.202 e. The third-order valence-electron chi connectivity index (χ3n) is 1.44. The molecular formula is C7H8N4S2. The highest BCUT2D eigenvalue weighted by Crippen LogP contribution is 2.14. The Morgan fingerprint density at radius 1 is 1.46 bits per heavy atom. The summed E-state index contributed by atoms with van der Waals surface area (Å²) in [5, 5.41) is 5.11. The molecule has 4 nitrogen and oxygen atoms in total. The van der Waals surface area contributed by atoms with Gasteiger partial charge in [-0.3, -0.25) is 0 Å². The summed E-state index contributed by atoms with van der Waals surface area (Å²) in [6.45, 7) is 2.78. The van der Waals surface area contributed by atoms with Crippen molar-refractivity contribution in [1.29, 1.82) is 0 Å². The fourth-order valence-corrected chi connectivity index (χ4v) is 2.06. The van der Waals surface area contributed by atoms with Crippen LogP contribution in [0.25, 0.3) is 0 Å². The van der Waals surface area contributed by atoms with Crippen molar-refractivity contribution in [2.24, 2.45) is 0 Å². The monoisotopic (exact) mass is 212 g/mol. The Balaban J connectivity index is 1.93. The van der Waals surface area contributed by atoms with Crippen molar-refractivity contribution in [2.75, 3.05) is 5.32 Å². The molecule has 0 saturated carbocycles. The average molecular weight is 212 g/mol. The summed E-state index contributed by atoms with van der Waals surface area (Å²) in [6, 6.07) is 0. The van der Waals surface area contributed by atoms with Gasteiger partial charge in [-0.1, -0.05) is 0 Å². The second-order valence-electron chi connectivity index (χ2n) is 2.45. The highest BCUT2D eigenvalue weighted by Gasteiger charge is 1.99. The molecule has 0 aliphatic carbocycles. The standard InChI is InChI=1S/C7H8N4S2/c1-5-8-2-6(12-5)3-9-7-10-4-11-13-7/h2,4H,3H2,1H3,(H,9,10,11).